The molecule has 0 aromatic carbocycles. The highest BCUT2D eigenvalue weighted by molar-refractivity contribution is 5.22. The van der Waals surface area contributed by atoms with E-state index < -0.39 is 5.60 Å². The van der Waals surface area contributed by atoms with E-state index in [9.17, 15) is 5.11 Å². The van der Waals surface area contributed by atoms with Gasteiger partial charge >= 0.3 is 0 Å². The molecule has 2 nitrogen and oxygen atoms in total. The SMILES string of the molecule is C#CC1(O)CCCCC1c1ccco1. The van der Waals surface area contributed by atoms with Gasteiger partial charge in [-0.2, -0.15) is 0 Å². The quantitative estimate of drug-likeness (QED) is 0.689. The summed E-state index contributed by atoms with van der Waals surface area (Å²) in [7, 11) is 0. The molecule has 1 aliphatic carbocycles. The average molecular weight is 190 g/mol. The molecule has 1 N–H and O–H groups in total. The molecule has 1 heterocycles. The van der Waals surface area contributed by atoms with E-state index in [1.807, 2.05) is 12.1 Å². The number of furan rings is 1. The van der Waals surface area contributed by atoms with Gasteiger partial charge in [-0.05, 0) is 31.4 Å². The number of hydrogen-bond acceptors (Lipinski definition) is 2. The fourth-order valence-electron chi connectivity index (χ4n) is 2.20. The van der Waals surface area contributed by atoms with Gasteiger partial charge in [0.05, 0.1) is 12.2 Å². The number of hydrogen-bond donors (Lipinski definition) is 1. The minimum atomic E-state index is -1.00. The molecule has 0 bridgehead atoms. The van der Waals surface area contributed by atoms with Gasteiger partial charge in [0.25, 0.3) is 0 Å². The van der Waals surface area contributed by atoms with Crippen molar-refractivity contribution < 1.29 is 9.52 Å². The highest BCUT2D eigenvalue weighted by Gasteiger charge is 2.39. The van der Waals surface area contributed by atoms with E-state index in [1.165, 1.54) is 0 Å². The van der Waals surface area contributed by atoms with E-state index >= 15 is 0 Å². The van der Waals surface area contributed by atoms with Crippen LogP contribution < -0.4 is 0 Å². The Kier molecular flexibility index (Phi) is 2.35. The Morgan fingerprint density at radius 3 is 3.07 bits per heavy atom. The zero-order valence-electron chi connectivity index (χ0n) is 8.07. The van der Waals surface area contributed by atoms with E-state index in [-0.39, 0.29) is 5.92 Å². The second-order valence-electron chi connectivity index (χ2n) is 3.88. The minimum absolute atomic E-state index is 0.0313. The lowest BCUT2D eigenvalue weighted by Crippen LogP contribution is -2.37. The lowest BCUT2D eigenvalue weighted by atomic mass is 9.75. The molecule has 0 aliphatic heterocycles. The molecule has 1 aromatic rings. The Morgan fingerprint density at radius 2 is 2.43 bits per heavy atom. The summed E-state index contributed by atoms with van der Waals surface area (Å²) in [5.74, 6) is 3.29. The first-order chi connectivity index (χ1) is 6.76. The van der Waals surface area contributed by atoms with Crippen molar-refractivity contribution in [3.05, 3.63) is 24.2 Å². The van der Waals surface area contributed by atoms with Crippen molar-refractivity contribution in [2.24, 2.45) is 0 Å². The van der Waals surface area contributed by atoms with E-state index in [2.05, 4.69) is 5.92 Å². The van der Waals surface area contributed by atoms with Gasteiger partial charge in [-0.25, -0.2) is 0 Å². The number of aliphatic hydroxyl groups is 1. The van der Waals surface area contributed by atoms with Gasteiger partial charge in [0.15, 0.2) is 0 Å². The van der Waals surface area contributed by atoms with E-state index in [0.29, 0.717) is 6.42 Å². The molecule has 0 spiro atoms. The summed E-state index contributed by atoms with van der Waals surface area (Å²) in [5, 5.41) is 10.2. The maximum atomic E-state index is 10.2. The van der Waals surface area contributed by atoms with Crippen molar-refractivity contribution in [3.8, 4) is 12.3 Å². The van der Waals surface area contributed by atoms with Crippen molar-refractivity contribution >= 4 is 0 Å². The molecule has 1 saturated carbocycles. The molecule has 2 atom stereocenters. The van der Waals surface area contributed by atoms with Crippen molar-refractivity contribution in [1.29, 1.82) is 0 Å². The Morgan fingerprint density at radius 1 is 1.57 bits per heavy atom. The Labute approximate surface area is 83.9 Å². The Balaban J connectivity index is 2.29. The van der Waals surface area contributed by atoms with Crippen LogP contribution in [0.15, 0.2) is 22.8 Å². The van der Waals surface area contributed by atoms with Crippen LogP contribution in [-0.2, 0) is 0 Å². The van der Waals surface area contributed by atoms with Crippen molar-refractivity contribution in [2.75, 3.05) is 0 Å². The summed E-state index contributed by atoms with van der Waals surface area (Å²) in [6, 6.07) is 3.72. The van der Waals surface area contributed by atoms with Crippen LogP contribution in [0.1, 0.15) is 37.4 Å². The number of terminal acetylenes is 1. The summed E-state index contributed by atoms with van der Waals surface area (Å²) in [5.41, 5.74) is -1.00. The Hall–Kier alpha value is -1.20. The molecule has 0 saturated heterocycles. The topological polar surface area (TPSA) is 33.4 Å². The molecule has 1 aromatic heterocycles. The van der Waals surface area contributed by atoms with E-state index in [1.54, 1.807) is 6.26 Å². The van der Waals surface area contributed by atoms with Crippen LogP contribution in [0.4, 0.5) is 0 Å². The largest absolute Gasteiger partial charge is 0.469 e. The van der Waals surface area contributed by atoms with Gasteiger partial charge in [0, 0.05) is 0 Å². The first-order valence-corrected chi connectivity index (χ1v) is 5.00. The summed E-state index contributed by atoms with van der Waals surface area (Å²) >= 11 is 0. The standard InChI is InChI=1S/C12H14O2/c1-2-12(13)8-4-3-6-10(12)11-7-5-9-14-11/h1,5,7,9-10,13H,3-4,6,8H2. The smallest absolute Gasteiger partial charge is 0.135 e. The van der Waals surface area contributed by atoms with Crippen LogP contribution in [0.25, 0.3) is 0 Å². The van der Waals surface area contributed by atoms with Crippen molar-refractivity contribution in [3.63, 3.8) is 0 Å². The van der Waals surface area contributed by atoms with E-state index in [0.717, 1.165) is 25.0 Å². The fraction of sp³-hybridized carbons (Fsp3) is 0.500. The van der Waals surface area contributed by atoms with Crippen molar-refractivity contribution in [2.45, 2.75) is 37.2 Å². The second kappa shape index (κ2) is 3.51. The molecule has 1 fully saturated rings. The molecule has 0 amide bonds. The third-order valence-electron chi connectivity index (χ3n) is 3.01. The summed E-state index contributed by atoms with van der Waals surface area (Å²) in [4.78, 5) is 0. The van der Waals surface area contributed by atoms with Gasteiger partial charge in [-0.15, -0.1) is 6.42 Å². The van der Waals surface area contributed by atoms with E-state index in [4.69, 9.17) is 10.8 Å². The van der Waals surface area contributed by atoms with Gasteiger partial charge in [-0.1, -0.05) is 12.3 Å². The van der Waals surface area contributed by atoms with Crippen LogP contribution in [0.3, 0.4) is 0 Å². The zero-order chi connectivity index (χ0) is 10.0. The zero-order valence-corrected chi connectivity index (χ0v) is 8.07. The molecule has 0 radical (unpaired) electrons. The van der Waals surface area contributed by atoms with Gasteiger partial charge in [-0.3, -0.25) is 0 Å². The van der Waals surface area contributed by atoms with Gasteiger partial charge in [0.1, 0.15) is 11.4 Å². The molecule has 1 aliphatic rings. The van der Waals surface area contributed by atoms with Crippen LogP contribution in [-0.4, -0.2) is 10.7 Å². The summed E-state index contributed by atoms with van der Waals surface area (Å²) in [6.45, 7) is 0. The monoisotopic (exact) mass is 190 g/mol. The third-order valence-corrected chi connectivity index (χ3v) is 3.01. The fourth-order valence-corrected chi connectivity index (χ4v) is 2.20. The Bertz CT molecular complexity index is 334. The molecular weight excluding hydrogens is 176 g/mol. The maximum absolute atomic E-state index is 10.2. The summed E-state index contributed by atoms with van der Waals surface area (Å²) < 4.78 is 5.31. The molecule has 2 rings (SSSR count). The van der Waals surface area contributed by atoms with Gasteiger partial charge in [0.2, 0.25) is 0 Å². The highest BCUT2D eigenvalue weighted by atomic mass is 16.3. The lowest BCUT2D eigenvalue weighted by Gasteiger charge is -2.34. The van der Waals surface area contributed by atoms with Gasteiger partial charge < -0.3 is 9.52 Å². The first kappa shape index (κ1) is 9.36. The minimum Gasteiger partial charge on any atom is -0.469 e. The molecule has 74 valence electrons. The van der Waals surface area contributed by atoms with Crippen molar-refractivity contribution in [1.82, 2.24) is 0 Å². The third kappa shape index (κ3) is 1.44. The normalized spacial score (nSPS) is 32.4. The highest BCUT2D eigenvalue weighted by Crippen LogP contribution is 2.40. The van der Waals surface area contributed by atoms with Crippen LogP contribution in [0.2, 0.25) is 0 Å². The second-order valence-corrected chi connectivity index (χ2v) is 3.88. The lowest BCUT2D eigenvalue weighted by molar-refractivity contribution is 0.0307. The predicted molar refractivity (Wildman–Crippen MR) is 53.7 cm³/mol. The summed E-state index contributed by atoms with van der Waals surface area (Å²) in [6.07, 6.45) is 10.7. The molecule has 14 heavy (non-hydrogen) atoms. The molecular formula is C12H14O2. The molecule has 2 heteroatoms. The van der Waals surface area contributed by atoms with Crippen LogP contribution >= 0.6 is 0 Å². The van der Waals surface area contributed by atoms with Crippen LogP contribution in [0.5, 0.6) is 0 Å². The molecule has 2 unspecified atom stereocenters. The van der Waals surface area contributed by atoms with Crippen LogP contribution in [0, 0.1) is 12.3 Å². The number of rotatable bonds is 1. The predicted octanol–water partition coefficient (Wildman–Crippen LogP) is 2.30. The maximum Gasteiger partial charge on any atom is 0.135 e. The first-order valence-electron chi connectivity index (χ1n) is 5.00. The average Bonchev–Trinajstić information content (AvgIpc) is 2.71.